The lowest BCUT2D eigenvalue weighted by Crippen LogP contribution is -2.29. The molecule has 1 aromatic carbocycles. The second-order valence-corrected chi connectivity index (χ2v) is 7.97. The maximum Gasteiger partial charge on any atom is 0.188 e. The quantitative estimate of drug-likeness (QED) is 0.558. The summed E-state index contributed by atoms with van der Waals surface area (Å²) in [6, 6.07) is 4.69. The Bertz CT molecular complexity index is 1050. The molecule has 1 aliphatic rings. The average molecular weight is 451 g/mol. The Labute approximate surface area is 183 Å². The van der Waals surface area contributed by atoms with Crippen molar-refractivity contribution < 1.29 is 9.13 Å². The fraction of sp³-hybridized carbons (Fsp3) is 0.350. The van der Waals surface area contributed by atoms with Crippen LogP contribution in [-0.2, 0) is 0 Å². The van der Waals surface area contributed by atoms with E-state index in [-0.39, 0.29) is 10.8 Å². The molecule has 4 rings (SSSR count). The number of aromatic nitrogens is 4. The predicted octanol–water partition coefficient (Wildman–Crippen LogP) is 4.43. The van der Waals surface area contributed by atoms with E-state index in [1.54, 1.807) is 19.2 Å². The lowest BCUT2D eigenvalue weighted by Gasteiger charge is -2.22. The van der Waals surface area contributed by atoms with Crippen LogP contribution in [-0.4, -0.2) is 33.1 Å². The van der Waals surface area contributed by atoms with Gasteiger partial charge in [-0.1, -0.05) is 23.2 Å². The van der Waals surface area contributed by atoms with Crippen molar-refractivity contribution in [3.8, 4) is 17.0 Å². The molecule has 0 unspecified atom stereocenters. The topological polar surface area (TPSA) is 90.9 Å². The van der Waals surface area contributed by atoms with Crippen molar-refractivity contribution in [1.82, 2.24) is 25.3 Å². The highest BCUT2D eigenvalue weighted by Crippen LogP contribution is 2.36. The van der Waals surface area contributed by atoms with Gasteiger partial charge in [0.25, 0.3) is 0 Å². The highest BCUT2D eigenvalue weighted by Gasteiger charge is 2.21. The number of piperidine rings is 1. The summed E-state index contributed by atoms with van der Waals surface area (Å²) < 4.78 is 21.8. The van der Waals surface area contributed by atoms with Crippen molar-refractivity contribution >= 4 is 29.0 Å². The molecule has 0 spiro atoms. The first-order chi connectivity index (χ1) is 14.4. The number of halogens is 3. The van der Waals surface area contributed by atoms with Crippen LogP contribution in [0.2, 0.25) is 10.0 Å². The third kappa shape index (κ3) is 4.21. The molecule has 0 saturated carbocycles. The Morgan fingerprint density at radius 2 is 2.03 bits per heavy atom. The molecule has 3 N–H and O–H groups in total. The molecule has 10 heteroatoms. The van der Waals surface area contributed by atoms with Crippen LogP contribution in [0.1, 0.15) is 37.5 Å². The molecular formula is C20H21Cl2FN6O. The number of ether oxygens (including phenoxy) is 1. The van der Waals surface area contributed by atoms with Gasteiger partial charge in [0.15, 0.2) is 11.6 Å². The number of nitrogens with two attached hydrogens (primary N) is 1. The highest BCUT2D eigenvalue weighted by atomic mass is 35.5. The Morgan fingerprint density at radius 1 is 1.27 bits per heavy atom. The number of nitrogens with one attached hydrogen (secondary N) is 1. The third-order valence-corrected chi connectivity index (χ3v) is 5.87. The van der Waals surface area contributed by atoms with Crippen molar-refractivity contribution in [3.63, 3.8) is 0 Å². The largest absolute Gasteiger partial charge is 0.482 e. The highest BCUT2D eigenvalue weighted by molar-refractivity contribution is 6.36. The van der Waals surface area contributed by atoms with E-state index in [1.807, 2.05) is 10.9 Å². The van der Waals surface area contributed by atoms with Gasteiger partial charge in [-0.05, 0) is 45.0 Å². The molecule has 3 aromatic rings. The summed E-state index contributed by atoms with van der Waals surface area (Å²) in [5.41, 5.74) is 7.68. The fourth-order valence-electron chi connectivity index (χ4n) is 3.53. The second-order valence-electron chi connectivity index (χ2n) is 7.19. The summed E-state index contributed by atoms with van der Waals surface area (Å²) in [7, 11) is 0. The summed E-state index contributed by atoms with van der Waals surface area (Å²) in [5, 5.41) is 16.2. The lowest BCUT2D eigenvalue weighted by molar-refractivity contribution is 0.227. The van der Waals surface area contributed by atoms with Crippen molar-refractivity contribution in [1.29, 1.82) is 0 Å². The van der Waals surface area contributed by atoms with Crippen LogP contribution >= 0.6 is 23.2 Å². The molecule has 0 amide bonds. The Kier molecular flexibility index (Phi) is 6.08. The van der Waals surface area contributed by atoms with Gasteiger partial charge in [-0.2, -0.15) is 5.10 Å². The van der Waals surface area contributed by atoms with Crippen LogP contribution < -0.4 is 15.8 Å². The lowest BCUT2D eigenvalue weighted by atomic mass is 10.1. The summed E-state index contributed by atoms with van der Waals surface area (Å²) in [5.74, 6) is -0.156. The number of hydrogen-bond donors (Lipinski definition) is 2. The second kappa shape index (κ2) is 8.75. The van der Waals surface area contributed by atoms with E-state index < -0.39 is 11.9 Å². The molecule has 0 bridgehead atoms. The van der Waals surface area contributed by atoms with E-state index in [9.17, 15) is 4.39 Å². The van der Waals surface area contributed by atoms with Gasteiger partial charge >= 0.3 is 0 Å². The molecule has 7 nitrogen and oxygen atoms in total. The molecule has 2 aromatic heterocycles. The summed E-state index contributed by atoms with van der Waals surface area (Å²) in [4.78, 5) is 0. The smallest absolute Gasteiger partial charge is 0.188 e. The minimum Gasteiger partial charge on any atom is -0.482 e. The molecule has 0 aliphatic carbocycles. The Balaban J connectivity index is 1.58. The molecule has 158 valence electrons. The van der Waals surface area contributed by atoms with Crippen molar-refractivity contribution in [2.75, 3.05) is 18.8 Å². The van der Waals surface area contributed by atoms with Gasteiger partial charge in [0.05, 0.1) is 23.0 Å². The van der Waals surface area contributed by atoms with Gasteiger partial charge in [-0.3, -0.25) is 4.68 Å². The third-order valence-electron chi connectivity index (χ3n) is 5.16. The fourth-order valence-corrected chi connectivity index (χ4v) is 4.20. The molecule has 1 fully saturated rings. The van der Waals surface area contributed by atoms with Gasteiger partial charge in [-0.25, -0.2) is 4.39 Å². The van der Waals surface area contributed by atoms with Gasteiger partial charge in [0.2, 0.25) is 0 Å². The summed E-state index contributed by atoms with van der Waals surface area (Å²) >= 11 is 12.3. The Morgan fingerprint density at radius 3 is 2.80 bits per heavy atom. The van der Waals surface area contributed by atoms with E-state index in [1.165, 1.54) is 12.1 Å². The zero-order valence-electron chi connectivity index (χ0n) is 16.3. The first kappa shape index (κ1) is 20.8. The molecule has 3 heterocycles. The molecule has 1 atom stereocenters. The van der Waals surface area contributed by atoms with Gasteiger partial charge < -0.3 is 15.8 Å². The number of benzene rings is 1. The molecular weight excluding hydrogens is 430 g/mol. The van der Waals surface area contributed by atoms with Crippen LogP contribution in [0.5, 0.6) is 5.75 Å². The zero-order valence-corrected chi connectivity index (χ0v) is 17.8. The van der Waals surface area contributed by atoms with Crippen LogP contribution in [0.4, 0.5) is 10.2 Å². The Hall–Kier alpha value is -2.42. The van der Waals surface area contributed by atoms with E-state index in [0.29, 0.717) is 28.1 Å². The van der Waals surface area contributed by atoms with Crippen molar-refractivity contribution in [3.05, 3.63) is 52.0 Å². The molecule has 30 heavy (non-hydrogen) atoms. The first-order valence-corrected chi connectivity index (χ1v) is 10.4. The standard InChI is InChI=1S/C20H21Cl2FN6O/c1-11(18-14(21)2-3-15(23)19(18)22)30-17-8-16(27-28-20(17)24)12-9-26-29(10-12)13-4-6-25-7-5-13/h2-3,8-11,13,25H,4-7H2,1H3,(H2,24,28)/t11-/m1/s1. The maximum atomic E-state index is 13.9. The number of anilines is 1. The van der Waals surface area contributed by atoms with Gasteiger partial charge in [0, 0.05) is 28.4 Å². The minimum absolute atomic E-state index is 0.0842. The van der Waals surface area contributed by atoms with E-state index in [0.717, 1.165) is 31.5 Å². The average Bonchev–Trinajstić information content (AvgIpc) is 3.24. The summed E-state index contributed by atoms with van der Waals surface area (Å²) in [6.07, 6.45) is 5.09. The van der Waals surface area contributed by atoms with Gasteiger partial charge in [-0.15, -0.1) is 10.2 Å². The normalized spacial score (nSPS) is 15.9. The zero-order chi connectivity index (χ0) is 21.3. The minimum atomic E-state index is -0.655. The molecule has 1 saturated heterocycles. The number of hydrogen-bond acceptors (Lipinski definition) is 6. The summed E-state index contributed by atoms with van der Waals surface area (Å²) in [6.45, 7) is 3.66. The first-order valence-electron chi connectivity index (χ1n) is 9.62. The number of rotatable bonds is 5. The van der Waals surface area contributed by atoms with E-state index in [2.05, 4.69) is 20.6 Å². The van der Waals surface area contributed by atoms with E-state index >= 15 is 0 Å². The SMILES string of the molecule is C[C@@H](Oc1cc(-c2cnn(C3CCNCC3)c2)nnc1N)c1c(Cl)ccc(F)c1Cl. The number of nitrogens with zero attached hydrogens (tertiary/aromatic N) is 4. The van der Waals surface area contributed by atoms with Crippen LogP contribution in [0.15, 0.2) is 30.6 Å². The maximum absolute atomic E-state index is 13.9. The molecule has 1 aliphatic heterocycles. The monoisotopic (exact) mass is 450 g/mol. The van der Waals surface area contributed by atoms with Crippen LogP contribution in [0.25, 0.3) is 11.3 Å². The van der Waals surface area contributed by atoms with E-state index in [4.69, 9.17) is 33.7 Å². The predicted molar refractivity (Wildman–Crippen MR) is 114 cm³/mol. The van der Waals surface area contributed by atoms with Crippen molar-refractivity contribution in [2.24, 2.45) is 0 Å². The molecule has 0 radical (unpaired) electrons. The van der Waals surface area contributed by atoms with Crippen LogP contribution in [0, 0.1) is 5.82 Å². The number of nitrogen functional groups attached to an aromatic ring is 1. The van der Waals surface area contributed by atoms with Crippen LogP contribution in [0.3, 0.4) is 0 Å². The van der Waals surface area contributed by atoms with Crippen molar-refractivity contribution in [2.45, 2.75) is 31.9 Å². The van der Waals surface area contributed by atoms with Gasteiger partial charge in [0.1, 0.15) is 11.9 Å².